The van der Waals surface area contributed by atoms with Crippen molar-refractivity contribution in [1.29, 1.82) is 0 Å². The lowest BCUT2D eigenvalue weighted by Gasteiger charge is -2.11. The van der Waals surface area contributed by atoms with Gasteiger partial charge in [0.15, 0.2) is 0 Å². The number of unbranched alkanes of at least 4 members (excludes halogenated alkanes) is 1. The van der Waals surface area contributed by atoms with E-state index in [4.69, 9.17) is 10.5 Å². The zero-order chi connectivity index (χ0) is 13.7. The van der Waals surface area contributed by atoms with Crippen molar-refractivity contribution < 1.29 is 4.74 Å². The van der Waals surface area contributed by atoms with Gasteiger partial charge in [-0.05, 0) is 31.5 Å². The molecule has 19 heavy (non-hydrogen) atoms. The maximum atomic E-state index is 5.81. The molecule has 0 amide bonds. The number of ether oxygens (including phenoxy) is 1. The first kappa shape index (κ1) is 13.3. The number of para-hydroxylation sites is 1. The molecule has 0 atom stereocenters. The van der Waals surface area contributed by atoms with Gasteiger partial charge in [0.2, 0.25) is 5.95 Å². The van der Waals surface area contributed by atoms with Crippen molar-refractivity contribution in [3.63, 3.8) is 0 Å². The minimum Gasteiger partial charge on any atom is -0.493 e. The van der Waals surface area contributed by atoms with Crippen LogP contribution in [0.4, 0.5) is 5.95 Å². The fraction of sp³-hybridized carbons (Fsp3) is 0.333. The Labute approximate surface area is 113 Å². The number of aromatic nitrogens is 2. The van der Waals surface area contributed by atoms with Gasteiger partial charge in [0.05, 0.1) is 12.3 Å². The topological polar surface area (TPSA) is 61.0 Å². The number of nitrogen functional groups attached to an aromatic ring is 1. The Bertz CT molecular complexity index is 535. The second-order valence-electron chi connectivity index (χ2n) is 4.45. The zero-order valence-electron chi connectivity index (χ0n) is 11.4. The van der Waals surface area contributed by atoms with Crippen molar-refractivity contribution in [2.24, 2.45) is 0 Å². The summed E-state index contributed by atoms with van der Waals surface area (Å²) in [7, 11) is 0. The molecule has 0 radical (unpaired) electrons. The highest BCUT2D eigenvalue weighted by Crippen LogP contribution is 2.29. The maximum absolute atomic E-state index is 5.81. The molecule has 0 unspecified atom stereocenters. The lowest BCUT2D eigenvalue weighted by atomic mass is 10.1. The van der Waals surface area contributed by atoms with Gasteiger partial charge >= 0.3 is 0 Å². The normalized spacial score (nSPS) is 10.4. The molecular weight excluding hydrogens is 238 g/mol. The molecular formula is C15H19N3O. The summed E-state index contributed by atoms with van der Waals surface area (Å²) in [6, 6.07) is 9.79. The second kappa shape index (κ2) is 6.18. The predicted molar refractivity (Wildman–Crippen MR) is 77.0 cm³/mol. The molecule has 2 rings (SSSR count). The Morgan fingerprint density at radius 1 is 1.21 bits per heavy atom. The summed E-state index contributed by atoms with van der Waals surface area (Å²) >= 11 is 0. The Hall–Kier alpha value is -2.10. The summed E-state index contributed by atoms with van der Waals surface area (Å²) in [6.07, 6.45) is 2.15. The van der Waals surface area contributed by atoms with E-state index in [1.54, 1.807) is 0 Å². The molecule has 2 N–H and O–H groups in total. The first-order valence-corrected chi connectivity index (χ1v) is 6.54. The van der Waals surface area contributed by atoms with Gasteiger partial charge in [-0.2, -0.15) is 0 Å². The fourth-order valence-electron chi connectivity index (χ4n) is 1.86. The summed E-state index contributed by atoms with van der Waals surface area (Å²) in [4.78, 5) is 8.37. The number of rotatable bonds is 5. The van der Waals surface area contributed by atoms with Gasteiger partial charge < -0.3 is 10.5 Å². The van der Waals surface area contributed by atoms with E-state index in [0.29, 0.717) is 12.6 Å². The van der Waals surface area contributed by atoms with Crippen LogP contribution >= 0.6 is 0 Å². The molecule has 0 bridgehead atoms. The van der Waals surface area contributed by atoms with Gasteiger partial charge in [0, 0.05) is 11.3 Å². The van der Waals surface area contributed by atoms with Crippen LogP contribution in [0, 0.1) is 6.92 Å². The van der Waals surface area contributed by atoms with E-state index in [2.05, 4.69) is 16.9 Å². The standard InChI is InChI=1S/C15H19N3O/c1-3-4-9-19-14-8-6-5-7-12(14)13-10-11(2)17-15(16)18-13/h5-8,10H,3-4,9H2,1-2H3,(H2,16,17,18). The third-order valence-corrected chi connectivity index (χ3v) is 2.79. The van der Waals surface area contributed by atoms with Crippen molar-refractivity contribution in [3.8, 4) is 17.0 Å². The van der Waals surface area contributed by atoms with E-state index in [-0.39, 0.29) is 0 Å². The number of hydrogen-bond donors (Lipinski definition) is 1. The average Bonchev–Trinajstić information content (AvgIpc) is 2.38. The maximum Gasteiger partial charge on any atom is 0.220 e. The minimum absolute atomic E-state index is 0.290. The summed E-state index contributed by atoms with van der Waals surface area (Å²) in [5.74, 6) is 1.13. The van der Waals surface area contributed by atoms with Crippen LogP contribution in [0.5, 0.6) is 5.75 Å². The Morgan fingerprint density at radius 3 is 2.74 bits per heavy atom. The molecule has 4 nitrogen and oxygen atoms in total. The quantitative estimate of drug-likeness (QED) is 0.835. The SMILES string of the molecule is CCCCOc1ccccc1-c1cc(C)nc(N)n1. The van der Waals surface area contributed by atoms with Crippen molar-refractivity contribution in [2.45, 2.75) is 26.7 Å². The molecule has 0 fully saturated rings. The van der Waals surface area contributed by atoms with Crippen LogP contribution in [0.3, 0.4) is 0 Å². The number of hydrogen-bond acceptors (Lipinski definition) is 4. The largest absolute Gasteiger partial charge is 0.493 e. The number of aryl methyl sites for hydroxylation is 1. The first-order chi connectivity index (χ1) is 9.20. The first-order valence-electron chi connectivity index (χ1n) is 6.54. The molecule has 1 aromatic carbocycles. The highest BCUT2D eigenvalue weighted by molar-refractivity contribution is 5.67. The van der Waals surface area contributed by atoms with Crippen LogP contribution in [-0.4, -0.2) is 16.6 Å². The zero-order valence-corrected chi connectivity index (χ0v) is 11.4. The molecule has 0 aliphatic heterocycles. The van der Waals surface area contributed by atoms with Crippen LogP contribution in [0.15, 0.2) is 30.3 Å². The molecule has 0 saturated carbocycles. The van der Waals surface area contributed by atoms with Crippen LogP contribution in [0.1, 0.15) is 25.5 Å². The van der Waals surface area contributed by atoms with Crippen LogP contribution in [-0.2, 0) is 0 Å². The van der Waals surface area contributed by atoms with Crippen molar-refractivity contribution in [1.82, 2.24) is 9.97 Å². The summed E-state index contributed by atoms with van der Waals surface area (Å²) < 4.78 is 5.81. The lowest BCUT2D eigenvalue weighted by molar-refractivity contribution is 0.310. The number of nitrogens with zero attached hydrogens (tertiary/aromatic N) is 2. The molecule has 0 aliphatic carbocycles. The van der Waals surface area contributed by atoms with E-state index >= 15 is 0 Å². The van der Waals surface area contributed by atoms with Gasteiger partial charge in [0.25, 0.3) is 0 Å². The van der Waals surface area contributed by atoms with Crippen molar-refractivity contribution >= 4 is 5.95 Å². The van der Waals surface area contributed by atoms with Crippen molar-refractivity contribution in [2.75, 3.05) is 12.3 Å². The molecule has 100 valence electrons. The highest BCUT2D eigenvalue weighted by atomic mass is 16.5. The second-order valence-corrected chi connectivity index (χ2v) is 4.45. The number of benzene rings is 1. The summed E-state index contributed by atoms with van der Waals surface area (Å²) in [5, 5.41) is 0. The number of nitrogens with two attached hydrogens (primary N) is 1. The molecule has 1 aromatic heterocycles. The van der Waals surface area contributed by atoms with Gasteiger partial charge in [0.1, 0.15) is 5.75 Å². The van der Waals surface area contributed by atoms with Gasteiger partial charge in [-0.15, -0.1) is 0 Å². The van der Waals surface area contributed by atoms with E-state index in [9.17, 15) is 0 Å². The third-order valence-electron chi connectivity index (χ3n) is 2.79. The summed E-state index contributed by atoms with van der Waals surface area (Å²) in [6.45, 7) is 4.76. The lowest BCUT2D eigenvalue weighted by Crippen LogP contribution is -2.01. The van der Waals surface area contributed by atoms with E-state index in [1.165, 1.54) is 0 Å². The highest BCUT2D eigenvalue weighted by Gasteiger charge is 2.08. The Kier molecular flexibility index (Phi) is 4.34. The van der Waals surface area contributed by atoms with Gasteiger partial charge in [-0.1, -0.05) is 25.5 Å². The van der Waals surface area contributed by atoms with E-state index in [1.807, 2.05) is 37.3 Å². The molecule has 0 aliphatic rings. The molecule has 2 aromatic rings. The molecule has 1 heterocycles. The van der Waals surface area contributed by atoms with Crippen LogP contribution in [0.2, 0.25) is 0 Å². The monoisotopic (exact) mass is 257 g/mol. The van der Waals surface area contributed by atoms with E-state index < -0.39 is 0 Å². The van der Waals surface area contributed by atoms with Crippen LogP contribution < -0.4 is 10.5 Å². The number of anilines is 1. The van der Waals surface area contributed by atoms with Crippen LogP contribution in [0.25, 0.3) is 11.3 Å². The molecule has 0 saturated heterocycles. The Balaban J connectivity index is 2.32. The Morgan fingerprint density at radius 2 is 2.00 bits per heavy atom. The fourth-order valence-corrected chi connectivity index (χ4v) is 1.86. The third kappa shape index (κ3) is 3.44. The van der Waals surface area contributed by atoms with Crippen molar-refractivity contribution in [3.05, 3.63) is 36.0 Å². The minimum atomic E-state index is 0.290. The summed E-state index contributed by atoms with van der Waals surface area (Å²) in [5.41, 5.74) is 8.32. The van der Waals surface area contributed by atoms with Gasteiger partial charge in [-0.25, -0.2) is 9.97 Å². The average molecular weight is 257 g/mol. The molecule has 4 heteroatoms. The van der Waals surface area contributed by atoms with Gasteiger partial charge in [-0.3, -0.25) is 0 Å². The molecule has 0 spiro atoms. The van der Waals surface area contributed by atoms with E-state index in [0.717, 1.165) is 35.5 Å². The smallest absolute Gasteiger partial charge is 0.220 e. The predicted octanol–water partition coefficient (Wildman–Crippen LogP) is 3.21.